The van der Waals surface area contributed by atoms with Crippen molar-refractivity contribution in [3.05, 3.63) is 96.3 Å². The summed E-state index contributed by atoms with van der Waals surface area (Å²) in [5.74, 6) is 1.11. The van der Waals surface area contributed by atoms with Crippen LogP contribution in [0, 0.1) is 0 Å². The summed E-state index contributed by atoms with van der Waals surface area (Å²) in [6, 6.07) is 29.0. The van der Waals surface area contributed by atoms with Gasteiger partial charge in [-0.05, 0) is 49.1 Å². The molecule has 1 amide bonds. The third-order valence-electron chi connectivity index (χ3n) is 6.02. The average molecular weight is 442 g/mol. The molecule has 5 heteroatoms. The number of benzene rings is 3. The Morgan fingerprint density at radius 2 is 1.50 bits per heavy atom. The topological polar surface area (TPSA) is 38.1 Å². The minimum absolute atomic E-state index is 0.0137. The van der Waals surface area contributed by atoms with Crippen LogP contribution in [0.4, 0.5) is 0 Å². The number of imidazole rings is 1. The van der Waals surface area contributed by atoms with Crippen LogP contribution in [-0.4, -0.2) is 33.4 Å². The quantitative estimate of drug-likeness (QED) is 0.348. The van der Waals surface area contributed by atoms with Gasteiger partial charge in [0.25, 0.3) is 0 Å². The summed E-state index contributed by atoms with van der Waals surface area (Å²) in [5.41, 5.74) is 3.13. The van der Waals surface area contributed by atoms with E-state index >= 15 is 0 Å². The van der Waals surface area contributed by atoms with Gasteiger partial charge in [0.2, 0.25) is 5.91 Å². The van der Waals surface area contributed by atoms with Gasteiger partial charge in [-0.1, -0.05) is 60.7 Å². The van der Waals surface area contributed by atoms with Gasteiger partial charge >= 0.3 is 0 Å². The van der Waals surface area contributed by atoms with E-state index < -0.39 is 0 Å². The van der Waals surface area contributed by atoms with Crippen molar-refractivity contribution >= 4 is 28.7 Å². The van der Waals surface area contributed by atoms with Crippen LogP contribution in [0.15, 0.2) is 89.8 Å². The van der Waals surface area contributed by atoms with Crippen molar-refractivity contribution in [2.45, 2.75) is 36.0 Å². The number of para-hydroxylation sites is 2. The molecule has 2 heterocycles. The van der Waals surface area contributed by atoms with Gasteiger partial charge in [-0.2, -0.15) is 0 Å². The van der Waals surface area contributed by atoms with Gasteiger partial charge in [-0.25, -0.2) is 4.98 Å². The number of nitrogens with zero attached hydrogens (tertiary/aromatic N) is 3. The Labute approximate surface area is 193 Å². The van der Waals surface area contributed by atoms with E-state index in [1.807, 2.05) is 35.2 Å². The first kappa shape index (κ1) is 20.8. The second-order valence-corrected chi connectivity index (χ2v) is 9.39. The molecule has 32 heavy (non-hydrogen) atoms. The van der Waals surface area contributed by atoms with E-state index in [0.29, 0.717) is 6.54 Å². The van der Waals surface area contributed by atoms with E-state index in [0.717, 1.165) is 42.8 Å². The number of carbonyl (C=O) groups excluding carboxylic acids is 1. The van der Waals surface area contributed by atoms with E-state index in [1.165, 1.54) is 16.9 Å². The minimum Gasteiger partial charge on any atom is -0.341 e. The standard InChI is InChI=1S/C27H27N3OS/c31-25(29-18-10-3-11-19-29)20-30-24-17-9-8-16-23(24)28-27(30)26(21-12-4-1-5-13-21)32-22-14-6-2-7-15-22/h1-2,4-9,12-17,26H,3,10-11,18-20H2/t26-/m1/s1. The molecule has 1 aromatic heterocycles. The molecule has 0 N–H and O–H groups in total. The van der Waals surface area contributed by atoms with Crippen molar-refractivity contribution in [3.8, 4) is 0 Å². The Hall–Kier alpha value is -3.05. The van der Waals surface area contributed by atoms with Gasteiger partial charge in [-0.3, -0.25) is 4.79 Å². The molecule has 1 saturated heterocycles. The number of aromatic nitrogens is 2. The Bertz CT molecular complexity index is 1180. The molecular weight excluding hydrogens is 414 g/mol. The predicted molar refractivity (Wildman–Crippen MR) is 131 cm³/mol. The maximum Gasteiger partial charge on any atom is 0.242 e. The molecule has 1 aliphatic heterocycles. The summed E-state index contributed by atoms with van der Waals surface area (Å²) < 4.78 is 2.14. The molecule has 1 fully saturated rings. The smallest absolute Gasteiger partial charge is 0.242 e. The highest BCUT2D eigenvalue weighted by atomic mass is 32.2. The van der Waals surface area contributed by atoms with Gasteiger partial charge in [0.1, 0.15) is 12.4 Å². The summed E-state index contributed by atoms with van der Waals surface area (Å²) in [6.07, 6.45) is 3.41. The lowest BCUT2D eigenvalue weighted by Gasteiger charge is -2.27. The van der Waals surface area contributed by atoms with Crippen LogP contribution in [0.2, 0.25) is 0 Å². The second kappa shape index (κ2) is 9.61. The van der Waals surface area contributed by atoms with Crippen LogP contribution in [0.1, 0.15) is 35.9 Å². The van der Waals surface area contributed by atoms with Gasteiger partial charge in [0.15, 0.2) is 0 Å². The lowest BCUT2D eigenvalue weighted by Crippen LogP contribution is -2.38. The molecule has 1 atom stereocenters. The minimum atomic E-state index is -0.0137. The zero-order valence-corrected chi connectivity index (χ0v) is 18.9. The largest absolute Gasteiger partial charge is 0.341 e. The highest BCUT2D eigenvalue weighted by molar-refractivity contribution is 7.99. The molecule has 1 aliphatic rings. The van der Waals surface area contributed by atoms with Crippen LogP contribution in [0.25, 0.3) is 11.0 Å². The number of rotatable bonds is 6. The maximum absolute atomic E-state index is 13.2. The van der Waals surface area contributed by atoms with E-state index in [-0.39, 0.29) is 11.2 Å². The Morgan fingerprint density at radius 1 is 0.844 bits per heavy atom. The lowest BCUT2D eigenvalue weighted by atomic mass is 10.1. The lowest BCUT2D eigenvalue weighted by molar-refractivity contribution is -0.132. The van der Waals surface area contributed by atoms with E-state index in [4.69, 9.17) is 4.98 Å². The van der Waals surface area contributed by atoms with Gasteiger partial charge in [-0.15, -0.1) is 11.8 Å². The van der Waals surface area contributed by atoms with Crippen LogP contribution in [0.5, 0.6) is 0 Å². The fraction of sp³-hybridized carbons (Fsp3) is 0.259. The maximum atomic E-state index is 13.2. The van der Waals surface area contributed by atoms with Crippen LogP contribution in [-0.2, 0) is 11.3 Å². The first-order valence-electron chi connectivity index (χ1n) is 11.3. The first-order valence-corrected chi connectivity index (χ1v) is 12.2. The normalized spacial score (nSPS) is 15.1. The molecule has 4 nitrogen and oxygen atoms in total. The van der Waals surface area contributed by atoms with Crippen LogP contribution >= 0.6 is 11.8 Å². The number of thioether (sulfide) groups is 1. The molecule has 0 unspecified atom stereocenters. The third-order valence-corrected chi connectivity index (χ3v) is 7.28. The number of carbonyl (C=O) groups is 1. The van der Waals surface area contributed by atoms with Gasteiger partial charge < -0.3 is 9.47 Å². The van der Waals surface area contributed by atoms with E-state index in [1.54, 1.807) is 11.8 Å². The summed E-state index contributed by atoms with van der Waals surface area (Å²) in [7, 11) is 0. The van der Waals surface area contributed by atoms with Crippen molar-refractivity contribution < 1.29 is 4.79 Å². The van der Waals surface area contributed by atoms with Crippen LogP contribution < -0.4 is 0 Å². The zero-order chi connectivity index (χ0) is 21.8. The van der Waals surface area contributed by atoms with Crippen LogP contribution in [0.3, 0.4) is 0 Å². The molecule has 5 rings (SSSR count). The third kappa shape index (κ3) is 4.44. The van der Waals surface area contributed by atoms with Crippen molar-refractivity contribution in [3.63, 3.8) is 0 Å². The van der Waals surface area contributed by atoms with Gasteiger partial charge in [0, 0.05) is 18.0 Å². The molecule has 0 radical (unpaired) electrons. The summed E-state index contributed by atoms with van der Waals surface area (Å²) in [5, 5.41) is -0.0137. The predicted octanol–water partition coefficient (Wildman–Crippen LogP) is 5.93. The van der Waals surface area contributed by atoms with Crippen molar-refractivity contribution in [1.82, 2.24) is 14.5 Å². The Kier molecular flexibility index (Phi) is 6.26. The summed E-state index contributed by atoms with van der Waals surface area (Å²) in [6.45, 7) is 2.05. The number of hydrogen-bond donors (Lipinski definition) is 0. The number of piperidine rings is 1. The first-order chi connectivity index (χ1) is 15.8. The fourth-order valence-electron chi connectivity index (χ4n) is 4.37. The number of amides is 1. The highest BCUT2D eigenvalue weighted by Gasteiger charge is 2.26. The highest BCUT2D eigenvalue weighted by Crippen LogP contribution is 2.41. The van der Waals surface area contributed by atoms with Crippen molar-refractivity contribution in [2.24, 2.45) is 0 Å². The Morgan fingerprint density at radius 3 is 2.25 bits per heavy atom. The zero-order valence-electron chi connectivity index (χ0n) is 18.1. The number of likely N-dealkylation sites (tertiary alicyclic amines) is 1. The number of fused-ring (bicyclic) bond motifs is 1. The SMILES string of the molecule is O=C(Cn1c([C@H](Sc2ccccc2)c2ccccc2)nc2ccccc21)N1CCCCC1. The molecule has 0 saturated carbocycles. The van der Waals surface area contributed by atoms with Crippen molar-refractivity contribution in [1.29, 1.82) is 0 Å². The molecule has 0 aliphatic carbocycles. The molecular formula is C27H27N3OS. The second-order valence-electron chi connectivity index (χ2n) is 8.21. The fourth-order valence-corrected chi connectivity index (χ4v) is 5.54. The Balaban J connectivity index is 1.58. The average Bonchev–Trinajstić information content (AvgIpc) is 3.22. The molecule has 4 aromatic rings. The molecule has 0 spiro atoms. The van der Waals surface area contributed by atoms with E-state index in [9.17, 15) is 4.79 Å². The number of hydrogen-bond acceptors (Lipinski definition) is 3. The monoisotopic (exact) mass is 441 g/mol. The molecule has 162 valence electrons. The van der Waals surface area contributed by atoms with Crippen molar-refractivity contribution in [2.75, 3.05) is 13.1 Å². The summed E-state index contributed by atoms with van der Waals surface area (Å²) >= 11 is 1.78. The molecule has 3 aromatic carbocycles. The van der Waals surface area contributed by atoms with Gasteiger partial charge in [0.05, 0.1) is 16.3 Å². The van der Waals surface area contributed by atoms with E-state index in [2.05, 4.69) is 59.2 Å². The molecule has 0 bridgehead atoms. The summed E-state index contributed by atoms with van der Waals surface area (Å²) in [4.78, 5) is 21.5.